The lowest BCUT2D eigenvalue weighted by molar-refractivity contribution is 0.415. The molecule has 0 fully saturated rings. The van der Waals surface area contributed by atoms with Crippen molar-refractivity contribution in [3.05, 3.63) is 47.7 Å². The Morgan fingerprint density at radius 1 is 1.26 bits per heavy atom. The summed E-state index contributed by atoms with van der Waals surface area (Å²) in [5.41, 5.74) is 1.37. The molecule has 1 aromatic carbocycles. The van der Waals surface area contributed by atoms with E-state index >= 15 is 0 Å². The van der Waals surface area contributed by atoms with Crippen molar-refractivity contribution in [3.63, 3.8) is 0 Å². The van der Waals surface area contributed by atoms with Crippen molar-refractivity contribution < 1.29 is 9.84 Å². The maximum Gasteiger partial charge on any atom is 0.159 e. The number of rotatable bonds is 2. The Bertz CT molecular complexity index is 752. The zero-order valence-corrected chi connectivity index (χ0v) is 10.9. The highest BCUT2D eigenvalue weighted by atomic mass is 35.5. The Balaban J connectivity index is 2.28. The molecule has 5 heteroatoms. The zero-order chi connectivity index (χ0) is 13.4. The number of hydrogen-bond acceptors (Lipinski definition) is 3. The number of aromatic hydroxyl groups is 1. The average Bonchev–Trinajstić information content (AvgIpc) is 2.78. The van der Waals surface area contributed by atoms with Crippen molar-refractivity contribution in [2.24, 2.45) is 0 Å². The molecule has 0 saturated carbocycles. The summed E-state index contributed by atoms with van der Waals surface area (Å²) in [5, 5.41) is 10.1. The summed E-state index contributed by atoms with van der Waals surface area (Å²) in [6, 6.07) is 10.8. The summed E-state index contributed by atoms with van der Waals surface area (Å²) in [5.74, 6) is 1.51. The fraction of sp³-hybridized carbons (Fsp3) is 0.0714. The van der Waals surface area contributed by atoms with Crippen LogP contribution >= 0.6 is 11.6 Å². The van der Waals surface area contributed by atoms with E-state index < -0.39 is 0 Å². The van der Waals surface area contributed by atoms with E-state index in [4.69, 9.17) is 16.3 Å². The lowest BCUT2D eigenvalue weighted by Gasteiger charge is -2.04. The smallest absolute Gasteiger partial charge is 0.159 e. The van der Waals surface area contributed by atoms with Crippen LogP contribution in [-0.2, 0) is 0 Å². The molecule has 1 N–H and O–H groups in total. The first-order valence-corrected chi connectivity index (χ1v) is 6.08. The van der Waals surface area contributed by atoms with Gasteiger partial charge in [-0.05, 0) is 24.3 Å². The predicted octanol–water partition coefficient (Wildman–Crippen LogP) is 3.37. The summed E-state index contributed by atoms with van der Waals surface area (Å²) in [6.45, 7) is 0. The summed E-state index contributed by atoms with van der Waals surface area (Å²) < 4.78 is 6.96. The molecule has 0 unspecified atom stereocenters. The highest BCUT2D eigenvalue weighted by Crippen LogP contribution is 2.32. The molecule has 4 nitrogen and oxygen atoms in total. The van der Waals surface area contributed by atoms with Gasteiger partial charge in [0, 0.05) is 11.8 Å². The molecule has 0 saturated heterocycles. The lowest BCUT2D eigenvalue weighted by Crippen LogP contribution is -1.90. The minimum atomic E-state index is 0.106. The molecule has 0 bridgehead atoms. The van der Waals surface area contributed by atoms with Crippen molar-refractivity contribution in [2.75, 3.05) is 7.11 Å². The van der Waals surface area contributed by atoms with Crippen LogP contribution in [0.3, 0.4) is 0 Å². The Morgan fingerprint density at radius 3 is 2.89 bits per heavy atom. The second-order valence-corrected chi connectivity index (χ2v) is 4.43. The fourth-order valence-corrected chi connectivity index (χ4v) is 2.31. The number of imidazole rings is 1. The third-order valence-corrected chi connectivity index (χ3v) is 3.19. The van der Waals surface area contributed by atoms with Crippen LogP contribution in [0, 0.1) is 0 Å². The third kappa shape index (κ3) is 1.90. The second-order valence-electron chi connectivity index (χ2n) is 4.07. The van der Waals surface area contributed by atoms with Gasteiger partial charge in [0.25, 0.3) is 0 Å². The Kier molecular flexibility index (Phi) is 2.80. The number of halogens is 1. The van der Waals surface area contributed by atoms with Gasteiger partial charge in [-0.2, -0.15) is 0 Å². The van der Waals surface area contributed by atoms with Crippen molar-refractivity contribution in [1.29, 1.82) is 0 Å². The summed E-state index contributed by atoms with van der Waals surface area (Å²) in [6.07, 6.45) is 1.81. The molecule has 0 atom stereocenters. The molecule has 0 radical (unpaired) electrons. The molecule has 96 valence electrons. The normalized spacial score (nSPS) is 10.8. The standard InChI is InChI=1S/C14H11ClN2O2/c1-19-10-5-2-4-9(8-10)14-16-13(15)12-11(18)6-3-7-17(12)14/h2-8,18H,1H3. The SMILES string of the molecule is COc1cccc(-c2nc(Cl)c3c(O)cccn23)c1. The van der Waals surface area contributed by atoms with Gasteiger partial charge in [0.05, 0.1) is 7.11 Å². The quantitative estimate of drug-likeness (QED) is 0.779. The summed E-state index contributed by atoms with van der Waals surface area (Å²) >= 11 is 6.08. The van der Waals surface area contributed by atoms with Crippen molar-refractivity contribution >= 4 is 17.1 Å². The van der Waals surface area contributed by atoms with Gasteiger partial charge >= 0.3 is 0 Å². The Morgan fingerprint density at radius 2 is 2.11 bits per heavy atom. The van der Waals surface area contributed by atoms with E-state index in [-0.39, 0.29) is 10.9 Å². The number of nitrogens with zero attached hydrogens (tertiary/aromatic N) is 2. The molecule has 2 heterocycles. The van der Waals surface area contributed by atoms with Gasteiger partial charge < -0.3 is 9.84 Å². The van der Waals surface area contributed by atoms with E-state index in [0.29, 0.717) is 11.3 Å². The molecule has 0 aliphatic rings. The van der Waals surface area contributed by atoms with E-state index in [1.807, 2.05) is 30.5 Å². The van der Waals surface area contributed by atoms with Crippen LogP contribution in [0.15, 0.2) is 42.6 Å². The van der Waals surface area contributed by atoms with E-state index in [0.717, 1.165) is 11.3 Å². The van der Waals surface area contributed by atoms with Crippen LogP contribution in [0.25, 0.3) is 16.9 Å². The number of aromatic nitrogens is 2. The number of ether oxygens (including phenoxy) is 1. The zero-order valence-electron chi connectivity index (χ0n) is 10.2. The number of benzene rings is 1. The van der Waals surface area contributed by atoms with Gasteiger partial charge in [-0.3, -0.25) is 4.40 Å². The summed E-state index contributed by atoms with van der Waals surface area (Å²) in [4.78, 5) is 4.31. The van der Waals surface area contributed by atoms with Crippen LogP contribution < -0.4 is 4.74 Å². The van der Waals surface area contributed by atoms with E-state index in [9.17, 15) is 5.11 Å². The molecule has 2 aromatic heterocycles. The Hall–Kier alpha value is -2.20. The van der Waals surface area contributed by atoms with Crippen LogP contribution in [0.4, 0.5) is 0 Å². The summed E-state index contributed by atoms with van der Waals surface area (Å²) in [7, 11) is 1.61. The molecule has 19 heavy (non-hydrogen) atoms. The monoisotopic (exact) mass is 274 g/mol. The van der Waals surface area contributed by atoms with Gasteiger partial charge in [0.2, 0.25) is 0 Å². The van der Waals surface area contributed by atoms with Gasteiger partial charge in [-0.1, -0.05) is 23.7 Å². The maximum absolute atomic E-state index is 9.84. The molecule has 0 amide bonds. The first-order valence-electron chi connectivity index (χ1n) is 5.70. The van der Waals surface area contributed by atoms with Crippen molar-refractivity contribution in [2.45, 2.75) is 0 Å². The van der Waals surface area contributed by atoms with Gasteiger partial charge in [0.1, 0.15) is 22.8 Å². The second kappa shape index (κ2) is 4.48. The highest BCUT2D eigenvalue weighted by Gasteiger charge is 2.14. The highest BCUT2D eigenvalue weighted by molar-refractivity contribution is 6.33. The van der Waals surface area contributed by atoms with Crippen LogP contribution in [0.5, 0.6) is 11.5 Å². The van der Waals surface area contributed by atoms with E-state index in [1.165, 1.54) is 0 Å². The largest absolute Gasteiger partial charge is 0.506 e. The minimum absolute atomic E-state index is 0.106. The average molecular weight is 275 g/mol. The fourth-order valence-electron chi connectivity index (χ4n) is 2.04. The lowest BCUT2D eigenvalue weighted by atomic mass is 10.2. The molecule has 0 aliphatic carbocycles. The first kappa shape index (κ1) is 11.9. The topological polar surface area (TPSA) is 46.8 Å². The Labute approximate surface area is 114 Å². The van der Waals surface area contributed by atoms with Crippen molar-refractivity contribution in [3.8, 4) is 22.9 Å². The van der Waals surface area contributed by atoms with Crippen LogP contribution in [-0.4, -0.2) is 21.6 Å². The van der Waals surface area contributed by atoms with Crippen LogP contribution in [0.1, 0.15) is 0 Å². The van der Waals surface area contributed by atoms with Gasteiger partial charge in [-0.15, -0.1) is 0 Å². The molecule has 0 aliphatic heterocycles. The maximum atomic E-state index is 9.84. The molecular weight excluding hydrogens is 264 g/mol. The molecule has 3 rings (SSSR count). The molecular formula is C14H11ClN2O2. The number of fused-ring (bicyclic) bond motifs is 1. The van der Waals surface area contributed by atoms with Gasteiger partial charge in [-0.25, -0.2) is 4.98 Å². The van der Waals surface area contributed by atoms with Crippen LogP contribution in [0.2, 0.25) is 5.15 Å². The molecule has 0 spiro atoms. The number of methoxy groups -OCH3 is 1. The first-order chi connectivity index (χ1) is 9.20. The van der Waals surface area contributed by atoms with Crippen molar-refractivity contribution in [1.82, 2.24) is 9.38 Å². The number of pyridine rings is 1. The molecule has 3 aromatic rings. The number of hydrogen-bond donors (Lipinski definition) is 1. The van der Waals surface area contributed by atoms with E-state index in [2.05, 4.69) is 4.98 Å². The van der Waals surface area contributed by atoms with Gasteiger partial charge in [0.15, 0.2) is 5.15 Å². The third-order valence-electron chi connectivity index (χ3n) is 2.93. The van der Waals surface area contributed by atoms with E-state index in [1.54, 1.807) is 23.6 Å². The minimum Gasteiger partial charge on any atom is -0.506 e. The predicted molar refractivity (Wildman–Crippen MR) is 73.9 cm³/mol.